The van der Waals surface area contributed by atoms with Crippen LogP contribution in [0.3, 0.4) is 0 Å². The number of benzene rings is 2. The van der Waals surface area contributed by atoms with Gasteiger partial charge in [-0.2, -0.15) is 0 Å². The van der Waals surface area contributed by atoms with E-state index in [0.29, 0.717) is 22.8 Å². The van der Waals surface area contributed by atoms with Crippen LogP contribution in [0.25, 0.3) is 11.0 Å². The highest BCUT2D eigenvalue weighted by Gasteiger charge is 2.20. The van der Waals surface area contributed by atoms with Crippen LogP contribution in [0.15, 0.2) is 36.4 Å². The van der Waals surface area contributed by atoms with E-state index < -0.39 is 5.82 Å². The highest BCUT2D eigenvalue weighted by Crippen LogP contribution is 2.31. The van der Waals surface area contributed by atoms with Crippen molar-refractivity contribution in [1.29, 1.82) is 0 Å². The highest BCUT2D eigenvalue weighted by molar-refractivity contribution is 6.31. The van der Waals surface area contributed by atoms with Gasteiger partial charge in [0.25, 0.3) is 5.91 Å². The van der Waals surface area contributed by atoms with Crippen molar-refractivity contribution in [3.8, 4) is 0 Å². The van der Waals surface area contributed by atoms with Crippen LogP contribution in [0.4, 0.5) is 10.1 Å². The van der Waals surface area contributed by atoms with Crippen molar-refractivity contribution in [2.24, 2.45) is 0 Å². The third-order valence-corrected chi connectivity index (χ3v) is 4.87. The van der Waals surface area contributed by atoms with Crippen LogP contribution >= 0.6 is 11.6 Å². The van der Waals surface area contributed by atoms with E-state index in [-0.39, 0.29) is 10.9 Å². The maximum absolute atomic E-state index is 13.2. The van der Waals surface area contributed by atoms with Crippen molar-refractivity contribution in [2.75, 3.05) is 5.32 Å². The maximum Gasteiger partial charge on any atom is 0.255 e. The molecular formula is C18H16ClFN4O. The van der Waals surface area contributed by atoms with Crippen LogP contribution in [0.1, 0.15) is 42.1 Å². The Morgan fingerprint density at radius 3 is 2.76 bits per heavy atom. The number of carbonyl (C=O) groups excluding carboxylic acids is 1. The first-order valence-corrected chi connectivity index (χ1v) is 8.61. The number of nitrogens with zero attached hydrogens (tertiary/aromatic N) is 3. The maximum atomic E-state index is 13.2. The van der Waals surface area contributed by atoms with E-state index in [9.17, 15) is 9.18 Å². The number of anilines is 1. The molecular weight excluding hydrogens is 343 g/mol. The highest BCUT2D eigenvalue weighted by atomic mass is 35.5. The zero-order valence-corrected chi connectivity index (χ0v) is 14.1. The van der Waals surface area contributed by atoms with Gasteiger partial charge >= 0.3 is 0 Å². The SMILES string of the molecule is O=C(Nc1ccc(F)c(Cl)c1)c1ccc2c(c1)nnn2C1CCCC1. The molecule has 1 aliphatic rings. The molecule has 0 bridgehead atoms. The third kappa shape index (κ3) is 3.09. The molecule has 0 aliphatic heterocycles. The molecule has 1 aliphatic carbocycles. The number of carbonyl (C=O) groups is 1. The second-order valence-electron chi connectivity index (χ2n) is 6.26. The molecule has 128 valence electrons. The van der Waals surface area contributed by atoms with Gasteiger partial charge in [-0.15, -0.1) is 5.10 Å². The van der Waals surface area contributed by atoms with E-state index in [1.807, 2.05) is 10.7 Å². The topological polar surface area (TPSA) is 59.8 Å². The first kappa shape index (κ1) is 16.0. The normalized spacial score (nSPS) is 15.0. The van der Waals surface area contributed by atoms with Crippen molar-refractivity contribution in [3.05, 3.63) is 52.8 Å². The summed E-state index contributed by atoms with van der Waals surface area (Å²) >= 11 is 5.74. The Morgan fingerprint density at radius 2 is 2.00 bits per heavy atom. The lowest BCUT2D eigenvalue weighted by Crippen LogP contribution is -2.12. The van der Waals surface area contributed by atoms with Crippen molar-refractivity contribution >= 4 is 34.2 Å². The zero-order valence-electron chi connectivity index (χ0n) is 13.4. The summed E-state index contributed by atoms with van der Waals surface area (Å²) in [6.07, 6.45) is 4.66. The number of rotatable bonds is 3. The third-order valence-electron chi connectivity index (χ3n) is 4.58. The molecule has 1 heterocycles. The van der Waals surface area contributed by atoms with Gasteiger partial charge < -0.3 is 5.32 Å². The zero-order chi connectivity index (χ0) is 17.4. The van der Waals surface area contributed by atoms with Gasteiger partial charge in [-0.05, 0) is 49.2 Å². The molecule has 0 spiro atoms. The first-order chi connectivity index (χ1) is 12.1. The van der Waals surface area contributed by atoms with Crippen LogP contribution < -0.4 is 5.32 Å². The van der Waals surface area contributed by atoms with Gasteiger partial charge in [0.1, 0.15) is 11.3 Å². The summed E-state index contributed by atoms with van der Waals surface area (Å²) in [5.74, 6) is -0.829. The van der Waals surface area contributed by atoms with E-state index in [4.69, 9.17) is 11.6 Å². The minimum atomic E-state index is -0.524. The van der Waals surface area contributed by atoms with Crippen molar-refractivity contribution in [3.63, 3.8) is 0 Å². The van der Waals surface area contributed by atoms with E-state index >= 15 is 0 Å². The molecule has 3 aromatic rings. The van der Waals surface area contributed by atoms with Gasteiger partial charge in [0.2, 0.25) is 0 Å². The number of amides is 1. The first-order valence-electron chi connectivity index (χ1n) is 8.23. The fourth-order valence-electron chi connectivity index (χ4n) is 3.28. The number of nitrogens with one attached hydrogen (secondary N) is 1. The quantitative estimate of drug-likeness (QED) is 0.744. The number of hydrogen-bond donors (Lipinski definition) is 1. The van der Waals surface area contributed by atoms with Crippen LogP contribution in [-0.4, -0.2) is 20.9 Å². The van der Waals surface area contributed by atoms with Crippen molar-refractivity contribution < 1.29 is 9.18 Å². The van der Waals surface area contributed by atoms with E-state index in [2.05, 4.69) is 15.6 Å². The predicted molar refractivity (Wildman–Crippen MR) is 94.4 cm³/mol. The Kier molecular flexibility index (Phi) is 4.13. The van der Waals surface area contributed by atoms with Gasteiger partial charge in [-0.1, -0.05) is 29.7 Å². The van der Waals surface area contributed by atoms with E-state index in [1.54, 1.807) is 12.1 Å². The molecule has 0 unspecified atom stereocenters. The molecule has 0 radical (unpaired) electrons. The summed E-state index contributed by atoms with van der Waals surface area (Å²) in [7, 11) is 0. The molecule has 2 aromatic carbocycles. The second kappa shape index (κ2) is 6.44. The minimum Gasteiger partial charge on any atom is -0.322 e. The van der Waals surface area contributed by atoms with Crippen LogP contribution in [0, 0.1) is 5.82 Å². The van der Waals surface area contributed by atoms with Gasteiger partial charge in [0.05, 0.1) is 16.6 Å². The van der Waals surface area contributed by atoms with Gasteiger partial charge in [0.15, 0.2) is 0 Å². The molecule has 25 heavy (non-hydrogen) atoms. The molecule has 0 atom stereocenters. The summed E-state index contributed by atoms with van der Waals surface area (Å²) < 4.78 is 15.2. The number of hydrogen-bond acceptors (Lipinski definition) is 3. The summed E-state index contributed by atoms with van der Waals surface area (Å²) in [6, 6.07) is 9.80. The lowest BCUT2D eigenvalue weighted by atomic mass is 10.1. The summed E-state index contributed by atoms with van der Waals surface area (Å²) in [5, 5.41) is 11.1. The van der Waals surface area contributed by atoms with E-state index in [0.717, 1.165) is 18.4 Å². The van der Waals surface area contributed by atoms with E-state index in [1.165, 1.54) is 31.0 Å². The molecule has 1 N–H and O–H groups in total. The Labute approximate surface area is 148 Å². The minimum absolute atomic E-state index is 0.0345. The van der Waals surface area contributed by atoms with Crippen LogP contribution in [0.2, 0.25) is 5.02 Å². The Balaban J connectivity index is 1.58. The monoisotopic (exact) mass is 358 g/mol. The second-order valence-corrected chi connectivity index (χ2v) is 6.67. The molecule has 1 fully saturated rings. The fraction of sp³-hybridized carbons (Fsp3) is 0.278. The van der Waals surface area contributed by atoms with Crippen LogP contribution in [0.5, 0.6) is 0 Å². The lowest BCUT2D eigenvalue weighted by molar-refractivity contribution is 0.102. The Hall–Kier alpha value is -2.47. The largest absolute Gasteiger partial charge is 0.322 e. The summed E-state index contributed by atoms with van der Waals surface area (Å²) in [6.45, 7) is 0. The smallest absolute Gasteiger partial charge is 0.255 e. The van der Waals surface area contributed by atoms with Crippen LogP contribution in [-0.2, 0) is 0 Å². The van der Waals surface area contributed by atoms with Crippen molar-refractivity contribution in [1.82, 2.24) is 15.0 Å². The lowest BCUT2D eigenvalue weighted by Gasteiger charge is -2.10. The molecule has 5 nitrogen and oxygen atoms in total. The molecule has 1 aromatic heterocycles. The summed E-state index contributed by atoms with van der Waals surface area (Å²) in [4.78, 5) is 12.4. The molecule has 4 rings (SSSR count). The Morgan fingerprint density at radius 1 is 1.20 bits per heavy atom. The number of aromatic nitrogens is 3. The van der Waals surface area contributed by atoms with Gasteiger partial charge in [-0.25, -0.2) is 9.07 Å². The fourth-order valence-corrected chi connectivity index (χ4v) is 3.46. The average molecular weight is 359 g/mol. The van der Waals surface area contributed by atoms with Gasteiger partial charge in [-0.3, -0.25) is 4.79 Å². The molecule has 1 amide bonds. The average Bonchev–Trinajstić information content (AvgIpc) is 3.26. The standard InChI is InChI=1S/C18H16ClFN4O/c19-14-10-12(6-7-15(14)20)21-18(25)11-5-8-17-16(9-11)22-23-24(17)13-3-1-2-4-13/h5-10,13H,1-4H2,(H,21,25). The number of fused-ring (bicyclic) bond motifs is 1. The molecule has 0 saturated heterocycles. The van der Waals surface area contributed by atoms with Gasteiger partial charge in [0, 0.05) is 11.3 Å². The van der Waals surface area contributed by atoms with Crippen molar-refractivity contribution in [2.45, 2.75) is 31.7 Å². The number of halogens is 2. The molecule has 1 saturated carbocycles. The summed E-state index contributed by atoms with van der Waals surface area (Å²) in [5.41, 5.74) is 2.53. The molecule has 7 heteroatoms. The predicted octanol–water partition coefficient (Wildman–Crippen LogP) is 4.59. The Bertz CT molecular complexity index is 949.